The number of aliphatic hydroxyl groups is 9. The summed E-state index contributed by atoms with van der Waals surface area (Å²) in [6.45, 7) is 3.26. The van der Waals surface area contributed by atoms with E-state index in [1.54, 1.807) is 37.3 Å². The highest BCUT2D eigenvalue weighted by Gasteiger charge is 2.50. The van der Waals surface area contributed by atoms with Gasteiger partial charge in [0.2, 0.25) is 0 Å². The number of esters is 1. The second-order valence-electron chi connectivity index (χ2n) is 16.8. The number of carboxylic acids is 1. The van der Waals surface area contributed by atoms with Gasteiger partial charge in [-0.1, -0.05) is 79.8 Å². The molecule has 3 rings (SSSR count). The highest BCUT2D eigenvalue weighted by molar-refractivity contribution is 5.71. The van der Waals surface area contributed by atoms with Gasteiger partial charge in [0.05, 0.1) is 74.0 Å². The number of cyclic esters (lactones) is 1. The van der Waals surface area contributed by atoms with Gasteiger partial charge in [-0.3, -0.25) is 9.59 Å². The van der Waals surface area contributed by atoms with Crippen molar-refractivity contribution in [2.75, 3.05) is 6.61 Å². The first-order valence-electron chi connectivity index (χ1n) is 21.7. The normalized spacial score (nSPS) is 43.2. The van der Waals surface area contributed by atoms with Gasteiger partial charge in [-0.25, -0.2) is 0 Å². The van der Waals surface area contributed by atoms with Crippen LogP contribution in [0.2, 0.25) is 0 Å². The van der Waals surface area contributed by atoms with E-state index >= 15 is 0 Å². The number of fused-ring (bicyclic) bond motifs is 2. The van der Waals surface area contributed by atoms with E-state index in [1.807, 2.05) is 49.5 Å². The smallest absolute Gasteiger partial charge is 0.311 e. The molecular formula is C45H71NO16. The average Bonchev–Trinajstić information content (AvgIpc) is 3.16. The van der Waals surface area contributed by atoms with Crippen LogP contribution in [0.3, 0.4) is 0 Å². The van der Waals surface area contributed by atoms with Gasteiger partial charge >= 0.3 is 11.9 Å². The van der Waals surface area contributed by atoms with Crippen LogP contribution < -0.4 is 5.73 Å². The lowest BCUT2D eigenvalue weighted by Crippen LogP contribution is -2.59. The first kappa shape index (κ1) is 53.2. The van der Waals surface area contributed by atoms with E-state index in [0.717, 1.165) is 12.8 Å². The van der Waals surface area contributed by atoms with Crippen molar-refractivity contribution in [1.29, 1.82) is 0 Å². The Morgan fingerprint density at radius 3 is 2.05 bits per heavy atom. The molecule has 7 unspecified atom stereocenters. The third-order valence-corrected chi connectivity index (χ3v) is 11.1. The Bertz CT molecular complexity index is 1520. The molecule has 0 aliphatic carbocycles. The summed E-state index contributed by atoms with van der Waals surface area (Å²) < 4.78 is 22.8. The van der Waals surface area contributed by atoms with Crippen molar-refractivity contribution in [3.63, 3.8) is 0 Å². The maximum Gasteiger partial charge on any atom is 0.311 e. The first-order chi connectivity index (χ1) is 29.4. The molecule has 0 amide bonds. The Balaban J connectivity index is 1.78. The van der Waals surface area contributed by atoms with Crippen LogP contribution in [0, 0.1) is 11.8 Å². The molecule has 17 heteroatoms. The van der Waals surface area contributed by atoms with Crippen LogP contribution >= 0.6 is 0 Å². The summed E-state index contributed by atoms with van der Waals surface area (Å²) in [5.41, 5.74) is 5.94. The number of nitrogens with two attached hydrogens (primary N) is 1. The Morgan fingerprint density at radius 2 is 1.35 bits per heavy atom. The predicted octanol–water partition coefficient (Wildman–Crippen LogP) is 1.33. The summed E-state index contributed by atoms with van der Waals surface area (Å²) in [4.78, 5) is 24.9. The highest BCUT2D eigenvalue weighted by Crippen LogP contribution is 2.38. The monoisotopic (exact) mass is 881 g/mol. The van der Waals surface area contributed by atoms with Crippen LogP contribution in [0.5, 0.6) is 0 Å². The van der Waals surface area contributed by atoms with Gasteiger partial charge in [0.1, 0.15) is 18.1 Å². The quantitative estimate of drug-likeness (QED) is 0.178. The molecule has 3 heterocycles. The minimum atomic E-state index is -2.17. The molecule has 0 aromatic rings. The van der Waals surface area contributed by atoms with Gasteiger partial charge < -0.3 is 75.7 Å². The summed E-state index contributed by atoms with van der Waals surface area (Å²) in [5, 5.41) is 106. The molecule has 2 bridgehead atoms. The number of carbonyl (C=O) groups excluding carboxylic acids is 1. The van der Waals surface area contributed by atoms with Crippen LogP contribution in [0.25, 0.3) is 0 Å². The number of hydrogen-bond donors (Lipinski definition) is 11. The van der Waals surface area contributed by atoms with E-state index in [9.17, 15) is 60.7 Å². The van der Waals surface area contributed by atoms with Crippen LogP contribution in [0.4, 0.5) is 0 Å². The van der Waals surface area contributed by atoms with Crippen molar-refractivity contribution < 1.29 is 79.6 Å². The third-order valence-electron chi connectivity index (χ3n) is 11.1. The van der Waals surface area contributed by atoms with E-state index in [1.165, 1.54) is 0 Å². The molecule has 2 saturated heterocycles. The van der Waals surface area contributed by atoms with E-state index in [0.29, 0.717) is 0 Å². The minimum Gasteiger partial charge on any atom is -0.481 e. The highest BCUT2D eigenvalue weighted by atomic mass is 16.7. The summed E-state index contributed by atoms with van der Waals surface area (Å²) >= 11 is 0. The van der Waals surface area contributed by atoms with Crippen molar-refractivity contribution in [2.24, 2.45) is 17.6 Å². The number of allylic oxidation sites excluding steroid dienone is 10. The van der Waals surface area contributed by atoms with Crippen LogP contribution in [0.1, 0.15) is 90.9 Å². The Labute approximate surface area is 364 Å². The van der Waals surface area contributed by atoms with E-state index in [4.69, 9.17) is 24.7 Å². The van der Waals surface area contributed by atoms with Gasteiger partial charge in [0.25, 0.3) is 0 Å². The molecular weight excluding hydrogens is 810 g/mol. The standard InChI is InChI=1S/C45H71NO16/c1-28-16-13-11-9-7-5-3-4-6-8-10-12-14-19-34(61-44-42(55)41(46)37(53)27-59-44)24-38-40(43(56)57)36(52)26-45(58,62-38)25-31(48)18-15-17-30(47)21-32(49)22-33(50)23-39(54)60-29(2)20-35(28)51/h3-4,6,8-14,16,19,28-38,40-42,44,47-53,55,58H,5,7,15,17-18,20-27,46H2,1-2H3,(H,56,57)/b4-3+,8-6+,11-9+,12-10+,16-13+,19-14+/t28-,29-,30?,31?,32?,33?,34?,35-,36-,37+,38-,40+,41-,42-,44?,45?/m0/s1. The van der Waals surface area contributed by atoms with Crippen molar-refractivity contribution in [3.8, 4) is 0 Å². The zero-order valence-corrected chi connectivity index (χ0v) is 35.8. The van der Waals surface area contributed by atoms with Gasteiger partial charge in [0.15, 0.2) is 12.1 Å². The zero-order chi connectivity index (χ0) is 45.8. The van der Waals surface area contributed by atoms with E-state index in [-0.39, 0.29) is 57.5 Å². The molecule has 12 N–H and O–H groups in total. The lowest BCUT2D eigenvalue weighted by molar-refractivity contribution is -0.305. The lowest BCUT2D eigenvalue weighted by atomic mass is 9.83. The van der Waals surface area contributed by atoms with Gasteiger partial charge in [-0.2, -0.15) is 0 Å². The number of hydrogen-bond acceptors (Lipinski definition) is 16. The Hall–Kier alpha value is -3.14. The maximum absolute atomic E-state index is 12.5. The van der Waals surface area contributed by atoms with Gasteiger partial charge in [-0.05, 0) is 51.9 Å². The summed E-state index contributed by atoms with van der Waals surface area (Å²) in [6.07, 6.45) is 7.94. The second kappa shape index (κ2) is 27.2. The fraction of sp³-hybridized carbons (Fsp3) is 0.689. The van der Waals surface area contributed by atoms with Crippen molar-refractivity contribution in [1.82, 2.24) is 0 Å². The first-order valence-corrected chi connectivity index (χ1v) is 21.7. The molecule has 0 spiro atoms. The maximum atomic E-state index is 12.5. The fourth-order valence-electron chi connectivity index (χ4n) is 7.67. The number of aliphatic carboxylic acids is 1. The molecule has 2 fully saturated rings. The van der Waals surface area contributed by atoms with Crippen molar-refractivity contribution in [2.45, 2.75) is 176 Å². The molecule has 0 saturated carbocycles. The number of carboxylic acid groups (broad SMARTS) is 1. The Kier molecular flexibility index (Phi) is 23.4. The molecule has 0 aromatic carbocycles. The summed E-state index contributed by atoms with van der Waals surface area (Å²) in [5.74, 6) is -5.99. The number of ether oxygens (including phenoxy) is 4. The molecule has 0 aromatic heterocycles. The number of carbonyl (C=O) groups is 2. The molecule has 62 heavy (non-hydrogen) atoms. The van der Waals surface area contributed by atoms with Crippen molar-refractivity contribution >= 4 is 11.9 Å². The number of rotatable bonds is 3. The topological polar surface area (TPSA) is 299 Å². The SMILES string of the molecule is C[C@H]1C[C@H](O)[C@@H](C)/C=C/C=C/CC/C=C/C=C/C=C/C=C/C(OC2OC[C@@H](O)[C@H](N)[C@@H]2O)C[C@@H]2OC(O)(CC(O)CCCC(O)CC(O)CC(O)CC(=O)O1)C[C@H](O)[C@H]2C(=O)O. The second-order valence-corrected chi connectivity index (χ2v) is 16.8. The zero-order valence-electron chi connectivity index (χ0n) is 35.8. The largest absolute Gasteiger partial charge is 0.481 e. The van der Waals surface area contributed by atoms with Gasteiger partial charge in [-0.15, -0.1) is 0 Å². The van der Waals surface area contributed by atoms with Crippen LogP contribution in [0.15, 0.2) is 72.9 Å². The lowest BCUT2D eigenvalue weighted by Gasteiger charge is -2.45. The fourth-order valence-corrected chi connectivity index (χ4v) is 7.67. The molecule has 352 valence electrons. The molecule has 3 aliphatic heterocycles. The Morgan fingerprint density at radius 1 is 0.742 bits per heavy atom. The van der Waals surface area contributed by atoms with Crippen LogP contribution in [-0.4, -0.2) is 155 Å². The minimum absolute atomic E-state index is 0.0590. The van der Waals surface area contributed by atoms with Crippen LogP contribution in [-0.2, 0) is 28.5 Å². The molecule has 0 radical (unpaired) electrons. The third kappa shape index (κ3) is 19.3. The van der Waals surface area contributed by atoms with E-state index in [2.05, 4.69) is 0 Å². The van der Waals surface area contributed by atoms with Gasteiger partial charge in [0, 0.05) is 31.6 Å². The summed E-state index contributed by atoms with van der Waals surface area (Å²) in [6, 6.07) is -1.09. The molecule has 16 atom stereocenters. The number of aliphatic hydroxyl groups excluding tert-OH is 8. The molecule has 17 nitrogen and oxygen atoms in total. The summed E-state index contributed by atoms with van der Waals surface area (Å²) in [7, 11) is 0. The molecule has 3 aliphatic rings. The van der Waals surface area contributed by atoms with Crippen molar-refractivity contribution in [3.05, 3.63) is 72.9 Å². The predicted molar refractivity (Wildman–Crippen MR) is 227 cm³/mol. The van der Waals surface area contributed by atoms with E-state index < -0.39 is 122 Å². The average molecular weight is 882 g/mol.